The highest BCUT2D eigenvalue weighted by Gasteiger charge is 2.24. The monoisotopic (exact) mass is 234 g/mol. The van der Waals surface area contributed by atoms with Gasteiger partial charge in [-0.15, -0.1) is 0 Å². The molecular weight excluding hydrogens is 212 g/mol. The average molecular weight is 234 g/mol. The van der Waals surface area contributed by atoms with Gasteiger partial charge in [0.15, 0.2) is 0 Å². The van der Waals surface area contributed by atoms with E-state index in [-0.39, 0.29) is 17.9 Å². The van der Waals surface area contributed by atoms with E-state index >= 15 is 0 Å². The molecule has 94 valence electrons. The zero-order chi connectivity index (χ0) is 12.8. The molecule has 0 fully saturated rings. The minimum Gasteiger partial charge on any atom is -0.343 e. The first-order chi connectivity index (χ1) is 8.11. The highest BCUT2D eigenvalue weighted by molar-refractivity contribution is 5.79. The Balaban J connectivity index is 2.76. The summed E-state index contributed by atoms with van der Waals surface area (Å²) in [5, 5.41) is 0. The van der Waals surface area contributed by atoms with Gasteiger partial charge < -0.3 is 10.6 Å². The van der Waals surface area contributed by atoms with E-state index in [1.165, 1.54) is 0 Å². The second kappa shape index (κ2) is 6.40. The van der Waals surface area contributed by atoms with E-state index in [0.29, 0.717) is 0 Å². The molecule has 1 amide bonds. The molecular formula is C14H22N2O. The first kappa shape index (κ1) is 13.7. The summed E-state index contributed by atoms with van der Waals surface area (Å²) in [4.78, 5) is 14.0. The molecule has 2 unspecified atom stereocenters. The third-order valence-corrected chi connectivity index (χ3v) is 3.19. The molecule has 1 rings (SSSR count). The Bertz CT molecular complexity index is 346. The lowest BCUT2D eigenvalue weighted by atomic mass is 9.94. The molecule has 1 aromatic carbocycles. The number of carbonyl (C=O) groups excluding carboxylic acids is 1. The van der Waals surface area contributed by atoms with Crippen molar-refractivity contribution in [3.05, 3.63) is 35.9 Å². The number of rotatable bonds is 5. The smallest absolute Gasteiger partial charge is 0.227 e. The van der Waals surface area contributed by atoms with Crippen LogP contribution in [0.15, 0.2) is 30.3 Å². The summed E-state index contributed by atoms with van der Waals surface area (Å²) in [6.45, 7) is 7.35. The van der Waals surface area contributed by atoms with Crippen LogP contribution < -0.4 is 5.73 Å². The van der Waals surface area contributed by atoms with Crippen LogP contribution in [0.2, 0.25) is 0 Å². The molecule has 0 spiro atoms. The molecule has 0 bridgehead atoms. The van der Waals surface area contributed by atoms with Crippen molar-refractivity contribution in [3.63, 3.8) is 0 Å². The molecule has 2 atom stereocenters. The number of hydrogen-bond acceptors (Lipinski definition) is 2. The predicted octanol–water partition coefficient (Wildman–Crippen LogP) is 2.19. The minimum absolute atomic E-state index is 0.131. The molecule has 1 aromatic rings. The molecule has 0 aromatic heterocycles. The molecule has 0 saturated carbocycles. The lowest BCUT2D eigenvalue weighted by Crippen LogP contribution is -2.39. The zero-order valence-corrected chi connectivity index (χ0v) is 10.9. The maximum Gasteiger partial charge on any atom is 0.227 e. The largest absolute Gasteiger partial charge is 0.343 e. The van der Waals surface area contributed by atoms with Gasteiger partial charge in [-0.05, 0) is 19.4 Å². The highest BCUT2D eigenvalue weighted by atomic mass is 16.2. The summed E-state index contributed by atoms with van der Waals surface area (Å²) in [7, 11) is 0. The van der Waals surface area contributed by atoms with Crippen molar-refractivity contribution in [2.45, 2.75) is 26.8 Å². The van der Waals surface area contributed by atoms with Crippen LogP contribution >= 0.6 is 0 Å². The Hall–Kier alpha value is -1.35. The molecule has 0 aliphatic carbocycles. The summed E-state index contributed by atoms with van der Waals surface area (Å²) < 4.78 is 0. The zero-order valence-electron chi connectivity index (χ0n) is 10.9. The number of nitrogens with zero attached hydrogens (tertiary/aromatic N) is 1. The third-order valence-electron chi connectivity index (χ3n) is 3.19. The molecule has 2 N–H and O–H groups in total. The second-order valence-electron chi connectivity index (χ2n) is 4.24. The third kappa shape index (κ3) is 3.30. The quantitative estimate of drug-likeness (QED) is 0.849. The highest BCUT2D eigenvalue weighted by Crippen LogP contribution is 2.20. The molecule has 0 aliphatic heterocycles. The Morgan fingerprint density at radius 2 is 1.76 bits per heavy atom. The standard InChI is InChI=1S/C14H22N2O/c1-4-16(5-2)14(17)11(3)13(15)12-9-7-6-8-10-12/h6-11,13H,4-5,15H2,1-3H3. The van der Waals surface area contributed by atoms with Crippen molar-refractivity contribution >= 4 is 5.91 Å². The van der Waals surface area contributed by atoms with Crippen LogP contribution in [0.3, 0.4) is 0 Å². The van der Waals surface area contributed by atoms with Crippen LogP contribution in [0, 0.1) is 5.92 Å². The van der Waals surface area contributed by atoms with E-state index in [9.17, 15) is 4.79 Å². The lowest BCUT2D eigenvalue weighted by molar-refractivity contribution is -0.135. The van der Waals surface area contributed by atoms with Crippen LogP contribution in [-0.4, -0.2) is 23.9 Å². The molecule has 3 heteroatoms. The van der Waals surface area contributed by atoms with Gasteiger partial charge >= 0.3 is 0 Å². The van der Waals surface area contributed by atoms with E-state index < -0.39 is 0 Å². The molecule has 17 heavy (non-hydrogen) atoms. The second-order valence-corrected chi connectivity index (χ2v) is 4.24. The van der Waals surface area contributed by atoms with Gasteiger partial charge in [-0.2, -0.15) is 0 Å². The van der Waals surface area contributed by atoms with Crippen LogP contribution in [0.1, 0.15) is 32.4 Å². The molecule has 0 radical (unpaired) electrons. The summed E-state index contributed by atoms with van der Waals surface area (Å²) >= 11 is 0. The molecule has 0 saturated heterocycles. The van der Waals surface area contributed by atoms with E-state index in [0.717, 1.165) is 18.7 Å². The number of hydrogen-bond donors (Lipinski definition) is 1. The molecule has 3 nitrogen and oxygen atoms in total. The topological polar surface area (TPSA) is 46.3 Å². The van der Waals surface area contributed by atoms with Gasteiger partial charge in [0, 0.05) is 19.1 Å². The minimum atomic E-state index is -0.232. The van der Waals surface area contributed by atoms with Crippen molar-refractivity contribution in [2.24, 2.45) is 11.7 Å². The summed E-state index contributed by atoms with van der Waals surface area (Å²) in [5.74, 6) is -0.0522. The Kier molecular flexibility index (Phi) is 5.16. The first-order valence-electron chi connectivity index (χ1n) is 6.21. The summed E-state index contributed by atoms with van der Waals surface area (Å²) in [6, 6.07) is 9.55. The number of amides is 1. The van der Waals surface area contributed by atoms with Crippen LogP contribution in [-0.2, 0) is 4.79 Å². The van der Waals surface area contributed by atoms with Gasteiger partial charge in [0.2, 0.25) is 5.91 Å². The normalized spacial score (nSPS) is 14.1. The first-order valence-corrected chi connectivity index (χ1v) is 6.21. The van der Waals surface area contributed by atoms with Crippen molar-refractivity contribution in [3.8, 4) is 0 Å². The number of benzene rings is 1. The van der Waals surface area contributed by atoms with Gasteiger partial charge in [-0.1, -0.05) is 37.3 Å². The molecule has 0 aliphatic rings. The van der Waals surface area contributed by atoms with Crippen molar-refractivity contribution in [1.29, 1.82) is 0 Å². The van der Waals surface area contributed by atoms with E-state index in [2.05, 4.69) is 0 Å². The van der Waals surface area contributed by atoms with Gasteiger partial charge in [0.25, 0.3) is 0 Å². The fraction of sp³-hybridized carbons (Fsp3) is 0.500. The van der Waals surface area contributed by atoms with Gasteiger partial charge in [0.1, 0.15) is 0 Å². The summed E-state index contributed by atoms with van der Waals surface area (Å²) in [5.41, 5.74) is 7.15. The van der Waals surface area contributed by atoms with Crippen molar-refractivity contribution in [1.82, 2.24) is 4.90 Å². The van der Waals surface area contributed by atoms with E-state index in [1.807, 2.05) is 56.0 Å². The number of nitrogens with two attached hydrogens (primary N) is 1. The maximum absolute atomic E-state index is 12.2. The van der Waals surface area contributed by atoms with Crippen molar-refractivity contribution in [2.75, 3.05) is 13.1 Å². The average Bonchev–Trinajstić information content (AvgIpc) is 2.39. The summed E-state index contributed by atoms with van der Waals surface area (Å²) in [6.07, 6.45) is 0. The Morgan fingerprint density at radius 3 is 2.24 bits per heavy atom. The Morgan fingerprint density at radius 1 is 1.24 bits per heavy atom. The van der Waals surface area contributed by atoms with E-state index in [4.69, 9.17) is 5.73 Å². The van der Waals surface area contributed by atoms with Crippen LogP contribution in [0.4, 0.5) is 0 Å². The van der Waals surface area contributed by atoms with E-state index in [1.54, 1.807) is 0 Å². The SMILES string of the molecule is CCN(CC)C(=O)C(C)C(N)c1ccccc1. The number of carbonyl (C=O) groups is 1. The van der Waals surface area contributed by atoms with Gasteiger partial charge in [0.05, 0.1) is 5.92 Å². The van der Waals surface area contributed by atoms with Crippen molar-refractivity contribution < 1.29 is 4.79 Å². The predicted molar refractivity (Wildman–Crippen MR) is 70.5 cm³/mol. The van der Waals surface area contributed by atoms with Gasteiger partial charge in [-0.3, -0.25) is 4.79 Å². The molecule has 0 heterocycles. The lowest BCUT2D eigenvalue weighted by Gasteiger charge is -2.26. The maximum atomic E-state index is 12.2. The fourth-order valence-electron chi connectivity index (χ4n) is 1.94. The van der Waals surface area contributed by atoms with Gasteiger partial charge in [-0.25, -0.2) is 0 Å². The Labute approximate surface area is 104 Å². The van der Waals surface area contributed by atoms with Crippen LogP contribution in [0.25, 0.3) is 0 Å². The fourth-order valence-corrected chi connectivity index (χ4v) is 1.94. The van der Waals surface area contributed by atoms with Crippen LogP contribution in [0.5, 0.6) is 0 Å².